The Morgan fingerprint density at radius 3 is 2.20 bits per heavy atom. The number of hydrogen-bond donors (Lipinski definition) is 0. The van der Waals surface area contributed by atoms with Gasteiger partial charge in [0.2, 0.25) is 5.91 Å². The summed E-state index contributed by atoms with van der Waals surface area (Å²) in [6, 6.07) is 23.5. The van der Waals surface area contributed by atoms with E-state index in [9.17, 15) is 9.59 Å². The van der Waals surface area contributed by atoms with Gasteiger partial charge in [-0.2, -0.15) is 0 Å². The van der Waals surface area contributed by atoms with Crippen LogP contribution in [0.25, 0.3) is 0 Å². The van der Waals surface area contributed by atoms with Crippen molar-refractivity contribution < 1.29 is 9.59 Å². The van der Waals surface area contributed by atoms with Gasteiger partial charge in [0.15, 0.2) is 0 Å². The van der Waals surface area contributed by atoms with Crippen LogP contribution in [-0.2, 0) is 4.79 Å². The van der Waals surface area contributed by atoms with Crippen molar-refractivity contribution in [3.8, 4) is 0 Å². The molecule has 0 bridgehead atoms. The van der Waals surface area contributed by atoms with Crippen molar-refractivity contribution in [3.63, 3.8) is 0 Å². The zero-order chi connectivity index (χ0) is 17.4. The molecule has 0 aliphatic carbocycles. The van der Waals surface area contributed by atoms with E-state index in [-0.39, 0.29) is 11.8 Å². The van der Waals surface area contributed by atoms with Gasteiger partial charge in [-0.1, -0.05) is 60.1 Å². The lowest BCUT2D eigenvalue weighted by atomic mass is 9.93. The molecule has 25 heavy (non-hydrogen) atoms. The van der Waals surface area contributed by atoms with Gasteiger partial charge in [0.05, 0.1) is 11.6 Å². The van der Waals surface area contributed by atoms with Gasteiger partial charge in [-0.25, -0.2) is 4.90 Å². The van der Waals surface area contributed by atoms with Crippen LogP contribution in [0.2, 0.25) is 5.02 Å². The molecular formula is C21H14ClNO2. The van der Waals surface area contributed by atoms with Crippen molar-refractivity contribution in [2.75, 3.05) is 4.90 Å². The van der Waals surface area contributed by atoms with Gasteiger partial charge in [-0.05, 0) is 41.5 Å². The zero-order valence-electron chi connectivity index (χ0n) is 13.2. The number of nitrogens with zero attached hydrogens (tertiary/aromatic N) is 1. The number of carbonyl (C=O) groups excluding carboxylic acids is 2. The number of benzene rings is 3. The third-order valence-corrected chi connectivity index (χ3v) is 4.60. The molecule has 4 heteroatoms. The molecule has 0 radical (unpaired) electrons. The number of anilines is 1. The third-order valence-electron chi connectivity index (χ3n) is 4.37. The minimum Gasteiger partial charge on any atom is -0.273 e. The van der Waals surface area contributed by atoms with E-state index in [0.29, 0.717) is 16.3 Å². The lowest BCUT2D eigenvalue weighted by Gasteiger charge is -2.16. The average molecular weight is 348 g/mol. The molecule has 1 aliphatic rings. The first-order valence-corrected chi connectivity index (χ1v) is 8.32. The summed E-state index contributed by atoms with van der Waals surface area (Å²) in [4.78, 5) is 27.4. The maximum atomic E-state index is 13.2. The predicted molar refractivity (Wildman–Crippen MR) is 98.0 cm³/mol. The summed E-state index contributed by atoms with van der Waals surface area (Å²) in [6.45, 7) is 0. The standard InChI is InChI=1S/C21H14ClNO2/c22-16-11-12-18-17(13-16)19(14-7-3-1-4-8-14)21(25)23(18)20(24)15-9-5-2-6-10-15/h1-13,19H. The second-order valence-corrected chi connectivity index (χ2v) is 6.33. The van der Waals surface area contributed by atoms with Crippen LogP contribution in [0.4, 0.5) is 5.69 Å². The predicted octanol–water partition coefficient (Wildman–Crippen LogP) is 4.66. The number of hydrogen-bond acceptors (Lipinski definition) is 2. The van der Waals surface area contributed by atoms with Crippen molar-refractivity contribution in [3.05, 3.63) is 101 Å². The first-order chi connectivity index (χ1) is 12.2. The topological polar surface area (TPSA) is 37.4 Å². The molecule has 1 unspecified atom stereocenters. The Bertz CT molecular complexity index is 954. The molecule has 3 aromatic carbocycles. The molecule has 0 saturated carbocycles. The first-order valence-electron chi connectivity index (χ1n) is 7.94. The van der Waals surface area contributed by atoms with E-state index in [0.717, 1.165) is 11.1 Å². The number of imide groups is 1. The Hall–Kier alpha value is -2.91. The van der Waals surface area contributed by atoms with Gasteiger partial charge >= 0.3 is 0 Å². The van der Waals surface area contributed by atoms with Crippen molar-refractivity contribution in [1.29, 1.82) is 0 Å². The third kappa shape index (κ3) is 2.63. The van der Waals surface area contributed by atoms with E-state index in [4.69, 9.17) is 11.6 Å². The smallest absolute Gasteiger partial charge is 0.265 e. The van der Waals surface area contributed by atoms with Crippen molar-refractivity contribution in [2.45, 2.75) is 5.92 Å². The molecule has 0 N–H and O–H groups in total. The number of halogens is 1. The molecule has 3 aromatic rings. The fourth-order valence-corrected chi connectivity index (χ4v) is 3.41. The highest BCUT2D eigenvalue weighted by Gasteiger charge is 2.41. The van der Waals surface area contributed by atoms with Crippen LogP contribution >= 0.6 is 11.6 Å². The molecule has 0 fully saturated rings. The summed E-state index contributed by atoms with van der Waals surface area (Å²) in [5.74, 6) is -1.10. The largest absolute Gasteiger partial charge is 0.273 e. The van der Waals surface area contributed by atoms with E-state index in [2.05, 4.69) is 0 Å². The Morgan fingerprint density at radius 1 is 0.880 bits per heavy atom. The summed E-state index contributed by atoms with van der Waals surface area (Å²) >= 11 is 6.15. The molecule has 4 rings (SSSR count). The molecule has 1 heterocycles. The Kier molecular flexibility index (Phi) is 3.86. The Balaban J connectivity index is 1.85. The monoisotopic (exact) mass is 347 g/mol. The molecule has 1 atom stereocenters. The fourth-order valence-electron chi connectivity index (χ4n) is 3.23. The van der Waals surface area contributed by atoms with Crippen LogP contribution < -0.4 is 4.90 Å². The lowest BCUT2D eigenvalue weighted by Crippen LogP contribution is -2.35. The van der Waals surface area contributed by atoms with E-state index >= 15 is 0 Å². The summed E-state index contributed by atoms with van der Waals surface area (Å²) in [5, 5.41) is 0.543. The highest BCUT2D eigenvalue weighted by molar-refractivity contribution is 6.32. The maximum Gasteiger partial charge on any atom is 0.265 e. The number of carbonyl (C=O) groups is 2. The van der Waals surface area contributed by atoms with Crippen molar-refractivity contribution >= 4 is 29.1 Å². The van der Waals surface area contributed by atoms with Crippen LogP contribution in [-0.4, -0.2) is 11.8 Å². The SMILES string of the molecule is O=C(c1ccccc1)N1C(=O)C(c2ccccc2)c2cc(Cl)ccc21. The quantitative estimate of drug-likeness (QED) is 0.632. The van der Waals surface area contributed by atoms with Gasteiger partial charge in [0.1, 0.15) is 0 Å². The van der Waals surface area contributed by atoms with Gasteiger partial charge in [0.25, 0.3) is 5.91 Å². The summed E-state index contributed by atoms with van der Waals surface area (Å²) in [7, 11) is 0. The van der Waals surface area contributed by atoms with Gasteiger partial charge < -0.3 is 0 Å². The van der Waals surface area contributed by atoms with E-state index in [1.54, 1.807) is 42.5 Å². The van der Waals surface area contributed by atoms with E-state index in [1.807, 2.05) is 36.4 Å². The maximum absolute atomic E-state index is 13.2. The molecule has 2 amide bonds. The first kappa shape index (κ1) is 15.6. The minimum absolute atomic E-state index is 0.252. The molecule has 0 saturated heterocycles. The van der Waals surface area contributed by atoms with Crippen LogP contribution in [0, 0.1) is 0 Å². The fraction of sp³-hybridized carbons (Fsp3) is 0.0476. The molecule has 122 valence electrons. The molecule has 3 nitrogen and oxygen atoms in total. The molecule has 1 aliphatic heterocycles. The number of amides is 2. The summed E-state index contributed by atoms with van der Waals surface area (Å²) in [5.41, 5.74) is 2.68. The molecule has 0 spiro atoms. The lowest BCUT2D eigenvalue weighted by molar-refractivity contribution is -0.117. The van der Waals surface area contributed by atoms with E-state index < -0.39 is 5.92 Å². The van der Waals surface area contributed by atoms with Crippen molar-refractivity contribution in [1.82, 2.24) is 0 Å². The average Bonchev–Trinajstić information content (AvgIpc) is 2.93. The normalized spacial score (nSPS) is 16.0. The van der Waals surface area contributed by atoms with Crippen molar-refractivity contribution in [2.24, 2.45) is 0 Å². The summed E-state index contributed by atoms with van der Waals surface area (Å²) < 4.78 is 0. The van der Waals surface area contributed by atoms with Crippen LogP contribution in [0.3, 0.4) is 0 Å². The Morgan fingerprint density at radius 2 is 1.52 bits per heavy atom. The highest BCUT2D eigenvalue weighted by Crippen LogP contribution is 2.43. The summed E-state index contributed by atoms with van der Waals surface area (Å²) in [6.07, 6.45) is 0. The highest BCUT2D eigenvalue weighted by atomic mass is 35.5. The second-order valence-electron chi connectivity index (χ2n) is 5.89. The zero-order valence-corrected chi connectivity index (χ0v) is 14.0. The van der Waals surface area contributed by atoms with E-state index in [1.165, 1.54) is 4.90 Å². The molecule has 0 aromatic heterocycles. The van der Waals surface area contributed by atoms with Crippen LogP contribution in [0.1, 0.15) is 27.4 Å². The minimum atomic E-state index is -0.525. The number of rotatable bonds is 2. The van der Waals surface area contributed by atoms with Gasteiger partial charge in [-0.15, -0.1) is 0 Å². The van der Waals surface area contributed by atoms with Crippen LogP contribution in [0.15, 0.2) is 78.9 Å². The van der Waals surface area contributed by atoms with Crippen LogP contribution in [0.5, 0.6) is 0 Å². The van der Waals surface area contributed by atoms with Gasteiger partial charge in [0, 0.05) is 10.6 Å². The molecular weight excluding hydrogens is 334 g/mol. The number of fused-ring (bicyclic) bond motifs is 1. The Labute approximate surface area is 150 Å². The van der Waals surface area contributed by atoms with Gasteiger partial charge in [-0.3, -0.25) is 9.59 Å². The second kappa shape index (κ2) is 6.19.